The minimum atomic E-state index is -1.06. The summed E-state index contributed by atoms with van der Waals surface area (Å²) in [6, 6.07) is 15.0. The van der Waals surface area contributed by atoms with Gasteiger partial charge in [-0.3, -0.25) is 0 Å². The molecule has 0 saturated heterocycles. The van der Waals surface area contributed by atoms with E-state index in [1.54, 1.807) is 6.07 Å². The highest BCUT2D eigenvalue weighted by atomic mass is 79.9. The molecule has 2 rings (SSSR count). The van der Waals surface area contributed by atoms with Crippen molar-refractivity contribution in [1.29, 1.82) is 0 Å². The van der Waals surface area contributed by atoms with Gasteiger partial charge in [-0.2, -0.15) is 0 Å². The van der Waals surface area contributed by atoms with Crippen molar-refractivity contribution in [3.8, 4) is 0 Å². The van der Waals surface area contributed by atoms with Gasteiger partial charge in [-0.25, -0.2) is 0 Å². The van der Waals surface area contributed by atoms with Gasteiger partial charge in [-0.05, 0) is 29.7 Å². The summed E-state index contributed by atoms with van der Waals surface area (Å²) < 4.78 is 1.67. The van der Waals surface area contributed by atoms with Gasteiger partial charge in [0.15, 0.2) is 0 Å². The lowest BCUT2D eigenvalue weighted by molar-refractivity contribution is -0.308. The van der Waals surface area contributed by atoms with Crippen LogP contribution in [-0.4, -0.2) is 5.97 Å². The van der Waals surface area contributed by atoms with Crippen LogP contribution in [-0.2, 0) is 11.2 Å². The number of carboxylic acids is 1. The molecule has 0 fully saturated rings. The molecule has 2 aromatic carbocycles. The monoisotopic (exact) mass is 381 g/mol. The van der Waals surface area contributed by atoms with Gasteiger partial charge in [0, 0.05) is 20.8 Å². The molecule has 0 saturated carbocycles. The van der Waals surface area contributed by atoms with Crippen molar-refractivity contribution in [3.05, 3.63) is 68.6 Å². The lowest BCUT2D eigenvalue weighted by Crippen LogP contribution is -2.31. The van der Waals surface area contributed by atoms with E-state index in [0.717, 1.165) is 20.1 Å². The van der Waals surface area contributed by atoms with Gasteiger partial charge in [0.05, 0.1) is 0 Å². The third-order valence-corrected chi connectivity index (χ3v) is 4.09. The van der Waals surface area contributed by atoms with Crippen molar-refractivity contribution >= 4 is 37.8 Å². The summed E-state index contributed by atoms with van der Waals surface area (Å²) in [6.07, 6.45) is 0.420. The summed E-state index contributed by atoms with van der Waals surface area (Å²) in [5.74, 6) is -1.73. The molecule has 1 unspecified atom stereocenters. The summed E-state index contributed by atoms with van der Waals surface area (Å²) in [4.78, 5) is 11.4. The van der Waals surface area contributed by atoms with E-state index < -0.39 is 11.9 Å². The molecule has 98 valence electrons. The van der Waals surface area contributed by atoms with Crippen molar-refractivity contribution in [2.24, 2.45) is 0 Å². The highest BCUT2D eigenvalue weighted by Crippen LogP contribution is 2.30. The van der Waals surface area contributed by atoms with Crippen molar-refractivity contribution in [2.75, 3.05) is 0 Å². The lowest BCUT2D eigenvalue weighted by Gasteiger charge is -2.20. The minimum Gasteiger partial charge on any atom is -0.549 e. The molecule has 0 aromatic heterocycles. The highest BCUT2D eigenvalue weighted by Gasteiger charge is 2.16. The van der Waals surface area contributed by atoms with Gasteiger partial charge in [0.25, 0.3) is 0 Å². The fourth-order valence-electron chi connectivity index (χ4n) is 1.95. The zero-order chi connectivity index (χ0) is 13.8. The van der Waals surface area contributed by atoms with Crippen LogP contribution in [0.15, 0.2) is 57.5 Å². The lowest BCUT2D eigenvalue weighted by atomic mass is 9.92. The van der Waals surface area contributed by atoms with Gasteiger partial charge < -0.3 is 9.90 Å². The number of carboxylic acid groups (broad SMARTS) is 1. The van der Waals surface area contributed by atoms with E-state index in [1.807, 2.05) is 42.5 Å². The average Bonchev–Trinajstić information content (AvgIpc) is 2.38. The Hall–Kier alpha value is -1.13. The Kier molecular flexibility index (Phi) is 4.77. The Morgan fingerprint density at radius 2 is 1.79 bits per heavy atom. The van der Waals surface area contributed by atoms with E-state index in [2.05, 4.69) is 31.9 Å². The van der Waals surface area contributed by atoms with Crippen LogP contribution in [0.25, 0.3) is 0 Å². The molecule has 0 aliphatic rings. The van der Waals surface area contributed by atoms with Crippen LogP contribution in [0.3, 0.4) is 0 Å². The molecule has 0 heterocycles. The normalized spacial score (nSPS) is 12.1. The fraction of sp³-hybridized carbons (Fsp3) is 0.133. The Labute approximate surface area is 128 Å². The number of carbonyl (C=O) groups is 1. The molecule has 0 aliphatic carbocycles. The van der Waals surface area contributed by atoms with E-state index in [0.29, 0.717) is 6.42 Å². The summed E-state index contributed by atoms with van der Waals surface area (Å²) in [6.45, 7) is 0. The van der Waals surface area contributed by atoms with Crippen LogP contribution >= 0.6 is 31.9 Å². The van der Waals surface area contributed by atoms with Crippen molar-refractivity contribution in [3.63, 3.8) is 0 Å². The first-order valence-corrected chi connectivity index (χ1v) is 7.36. The third kappa shape index (κ3) is 3.67. The van der Waals surface area contributed by atoms with E-state index in [4.69, 9.17) is 0 Å². The molecule has 0 N–H and O–H groups in total. The number of hydrogen-bond acceptors (Lipinski definition) is 2. The molecular formula is C15H11Br2O2-. The zero-order valence-electron chi connectivity index (χ0n) is 9.98. The Morgan fingerprint density at radius 3 is 2.37 bits per heavy atom. The van der Waals surface area contributed by atoms with Crippen LogP contribution in [0.4, 0.5) is 0 Å². The second-order valence-electron chi connectivity index (χ2n) is 4.23. The zero-order valence-corrected chi connectivity index (χ0v) is 13.1. The van der Waals surface area contributed by atoms with Gasteiger partial charge in [-0.1, -0.05) is 68.3 Å². The van der Waals surface area contributed by atoms with Crippen LogP contribution in [0.5, 0.6) is 0 Å². The van der Waals surface area contributed by atoms with Crippen molar-refractivity contribution in [2.45, 2.75) is 12.3 Å². The molecule has 1 atom stereocenters. The number of halogens is 2. The summed E-state index contributed by atoms with van der Waals surface area (Å²) in [7, 11) is 0. The standard InChI is InChI=1S/C15H12Br2O2/c16-11-6-7-12(14(17)9-11)13(15(18)19)8-10-4-2-1-3-5-10/h1-7,9,13H,8H2,(H,18,19)/p-1. The summed E-state index contributed by atoms with van der Waals surface area (Å²) in [5, 5.41) is 11.4. The Balaban J connectivity index is 2.33. The maximum atomic E-state index is 11.4. The Morgan fingerprint density at radius 1 is 1.11 bits per heavy atom. The molecule has 0 spiro atoms. The largest absolute Gasteiger partial charge is 0.549 e. The Bertz CT molecular complexity index is 582. The van der Waals surface area contributed by atoms with Gasteiger partial charge in [-0.15, -0.1) is 0 Å². The first kappa shape index (κ1) is 14.3. The molecule has 4 heteroatoms. The highest BCUT2D eigenvalue weighted by molar-refractivity contribution is 9.11. The minimum absolute atomic E-state index is 0.420. The van der Waals surface area contributed by atoms with Gasteiger partial charge >= 0.3 is 0 Å². The number of carbonyl (C=O) groups excluding carboxylic acids is 1. The van der Waals surface area contributed by atoms with Crippen LogP contribution < -0.4 is 5.11 Å². The van der Waals surface area contributed by atoms with E-state index in [-0.39, 0.29) is 0 Å². The molecule has 19 heavy (non-hydrogen) atoms. The predicted octanol–water partition coefficient (Wildman–Crippen LogP) is 3.29. The number of hydrogen-bond donors (Lipinski definition) is 0. The molecule has 2 aromatic rings. The predicted molar refractivity (Wildman–Crippen MR) is 79.7 cm³/mol. The van der Waals surface area contributed by atoms with Gasteiger partial charge in [0.2, 0.25) is 0 Å². The number of benzene rings is 2. The average molecular weight is 383 g/mol. The van der Waals surface area contributed by atoms with Crippen molar-refractivity contribution in [1.82, 2.24) is 0 Å². The molecule has 2 nitrogen and oxygen atoms in total. The summed E-state index contributed by atoms with van der Waals surface area (Å²) in [5.41, 5.74) is 1.71. The maximum Gasteiger partial charge on any atom is 0.0493 e. The third-order valence-electron chi connectivity index (χ3n) is 2.91. The van der Waals surface area contributed by atoms with Gasteiger partial charge in [0.1, 0.15) is 0 Å². The molecule has 0 amide bonds. The van der Waals surface area contributed by atoms with E-state index >= 15 is 0 Å². The number of aliphatic carboxylic acids is 1. The van der Waals surface area contributed by atoms with Crippen LogP contribution in [0, 0.1) is 0 Å². The molecular weight excluding hydrogens is 372 g/mol. The fourth-order valence-corrected chi connectivity index (χ4v) is 3.28. The summed E-state index contributed by atoms with van der Waals surface area (Å²) >= 11 is 6.76. The quantitative estimate of drug-likeness (QED) is 0.813. The van der Waals surface area contributed by atoms with Crippen molar-refractivity contribution < 1.29 is 9.90 Å². The first-order valence-electron chi connectivity index (χ1n) is 5.77. The van der Waals surface area contributed by atoms with E-state index in [9.17, 15) is 9.90 Å². The molecule has 0 radical (unpaired) electrons. The SMILES string of the molecule is O=C([O-])C(Cc1ccccc1)c1ccc(Br)cc1Br. The van der Waals surface area contributed by atoms with E-state index in [1.165, 1.54) is 0 Å². The van der Waals surface area contributed by atoms with Crippen LogP contribution in [0.1, 0.15) is 17.0 Å². The smallest absolute Gasteiger partial charge is 0.0493 e. The molecule has 0 bridgehead atoms. The maximum absolute atomic E-state index is 11.4. The topological polar surface area (TPSA) is 40.1 Å². The van der Waals surface area contributed by atoms with Crippen LogP contribution in [0.2, 0.25) is 0 Å². The molecule has 0 aliphatic heterocycles. The first-order chi connectivity index (χ1) is 9.08. The number of rotatable bonds is 4. The second-order valence-corrected chi connectivity index (χ2v) is 6.00. The second kappa shape index (κ2) is 6.35.